The molecule has 7 heteroatoms. The molecule has 1 aliphatic rings. The number of hydrogen-bond donors (Lipinski definition) is 1. The summed E-state index contributed by atoms with van der Waals surface area (Å²) < 4.78 is 24.1. The van der Waals surface area contributed by atoms with Gasteiger partial charge in [-0.3, -0.25) is 9.78 Å². The van der Waals surface area contributed by atoms with Crippen LogP contribution in [0.1, 0.15) is 37.2 Å². The van der Waals surface area contributed by atoms with Gasteiger partial charge in [-0.1, -0.05) is 13.8 Å². The summed E-state index contributed by atoms with van der Waals surface area (Å²) in [5.41, 5.74) is 1.23. The summed E-state index contributed by atoms with van der Waals surface area (Å²) in [6, 6.07) is 3.64. The second-order valence-corrected chi connectivity index (χ2v) is 8.54. The van der Waals surface area contributed by atoms with Crippen LogP contribution in [0.4, 0.5) is 0 Å². The molecule has 0 saturated carbocycles. The molecule has 1 amide bonds. The predicted octanol–water partition coefficient (Wildman–Crippen LogP) is 1.99. The molecular formula is C16H21N3O3S. The van der Waals surface area contributed by atoms with Gasteiger partial charge in [0.05, 0.1) is 10.5 Å². The average Bonchev–Trinajstić information content (AvgIpc) is 3.03. The van der Waals surface area contributed by atoms with E-state index in [0.29, 0.717) is 18.5 Å². The Kier molecular flexibility index (Phi) is 3.91. The molecule has 2 aromatic rings. The molecule has 1 saturated heterocycles. The number of carbonyl (C=O) groups excluding carboxylic acids is 1. The van der Waals surface area contributed by atoms with Gasteiger partial charge >= 0.3 is 0 Å². The van der Waals surface area contributed by atoms with Crippen molar-refractivity contribution in [3.63, 3.8) is 0 Å². The SMILES string of the molecule is CCC1(CC)CN(C(=O)c2nccc3[nH]ccc23)CCS1(=O)=O. The third-order valence-corrected chi connectivity index (χ3v) is 7.77. The van der Waals surface area contributed by atoms with Crippen LogP contribution >= 0.6 is 0 Å². The first-order valence-corrected chi connectivity index (χ1v) is 9.53. The number of amides is 1. The first kappa shape index (κ1) is 16.0. The highest BCUT2D eigenvalue weighted by molar-refractivity contribution is 7.92. The quantitative estimate of drug-likeness (QED) is 0.930. The third kappa shape index (κ3) is 2.43. The summed E-state index contributed by atoms with van der Waals surface area (Å²) in [6.45, 7) is 4.22. The number of carbonyl (C=O) groups is 1. The Hall–Kier alpha value is -1.89. The second kappa shape index (κ2) is 5.63. The Morgan fingerprint density at radius 3 is 2.78 bits per heavy atom. The monoisotopic (exact) mass is 335 g/mol. The number of nitrogens with one attached hydrogen (secondary N) is 1. The fourth-order valence-electron chi connectivity index (χ4n) is 3.36. The van der Waals surface area contributed by atoms with Gasteiger partial charge < -0.3 is 9.88 Å². The van der Waals surface area contributed by atoms with Crippen molar-refractivity contribution in [3.8, 4) is 0 Å². The van der Waals surface area contributed by atoms with Crippen LogP contribution in [-0.2, 0) is 9.84 Å². The van der Waals surface area contributed by atoms with E-state index in [1.807, 2.05) is 26.0 Å². The molecule has 0 atom stereocenters. The number of pyridine rings is 1. The second-order valence-electron chi connectivity index (χ2n) is 6.03. The first-order chi connectivity index (χ1) is 10.9. The number of fused-ring (bicyclic) bond motifs is 1. The zero-order valence-corrected chi connectivity index (χ0v) is 14.2. The van der Waals surface area contributed by atoms with Crippen LogP contribution in [0.25, 0.3) is 10.9 Å². The Bertz CT molecular complexity index is 837. The van der Waals surface area contributed by atoms with Gasteiger partial charge in [0.15, 0.2) is 9.84 Å². The maximum Gasteiger partial charge on any atom is 0.273 e. The molecular weight excluding hydrogens is 314 g/mol. The molecule has 6 nitrogen and oxygen atoms in total. The molecule has 1 N–H and O–H groups in total. The van der Waals surface area contributed by atoms with Crippen LogP contribution in [0.15, 0.2) is 24.5 Å². The largest absolute Gasteiger partial charge is 0.361 e. The van der Waals surface area contributed by atoms with Crippen molar-refractivity contribution in [3.05, 3.63) is 30.2 Å². The van der Waals surface area contributed by atoms with Gasteiger partial charge in [-0.2, -0.15) is 0 Å². The van der Waals surface area contributed by atoms with E-state index < -0.39 is 14.6 Å². The summed E-state index contributed by atoms with van der Waals surface area (Å²) in [4.78, 5) is 21.8. The lowest BCUT2D eigenvalue weighted by Crippen LogP contribution is -2.57. The molecule has 124 valence electrons. The fraction of sp³-hybridized carbons (Fsp3) is 0.500. The minimum absolute atomic E-state index is 0.0174. The zero-order valence-electron chi connectivity index (χ0n) is 13.4. The average molecular weight is 335 g/mol. The van der Waals surface area contributed by atoms with Crippen LogP contribution in [0, 0.1) is 0 Å². The Labute approximate surface area is 135 Å². The summed E-state index contributed by atoms with van der Waals surface area (Å²) in [5.74, 6) is -0.180. The van der Waals surface area contributed by atoms with E-state index >= 15 is 0 Å². The van der Waals surface area contributed by atoms with Gasteiger partial charge in [0.2, 0.25) is 0 Å². The van der Waals surface area contributed by atoms with Crippen molar-refractivity contribution in [2.24, 2.45) is 0 Å². The van der Waals surface area contributed by atoms with Crippen LogP contribution in [0.3, 0.4) is 0 Å². The zero-order chi connectivity index (χ0) is 16.7. The summed E-state index contributed by atoms with van der Waals surface area (Å²) in [6.07, 6.45) is 4.39. The smallest absolute Gasteiger partial charge is 0.273 e. The molecule has 0 spiro atoms. The number of sulfone groups is 1. The van der Waals surface area contributed by atoms with Crippen LogP contribution in [0.5, 0.6) is 0 Å². The fourth-order valence-corrected chi connectivity index (χ4v) is 5.49. The molecule has 23 heavy (non-hydrogen) atoms. The number of aromatic amines is 1. The van der Waals surface area contributed by atoms with Gasteiger partial charge in [-0.25, -0.2) is 8.42 Å². The number of hydrogen-bond acceptors (Lipinski definition) is 4. The van der Waals surface area contributed by atoms with Crippen LogP contribution in [0.2, 0.25) is 0 Å². The molecule has 0 unspecified atom stereocenters. The van der Waals surface area contributed by atoms with Crippen molar-refractivity contribution < 1.29 is 13.2 Å². The van der Waals surface area contributed by atoms with E-state index in [9.17, 15) is 13.2 Å². The highest BCUT2D eigenvalue weighted by Gasteiger charge is 2.46. The van der Waals surface area contributed by atoms with Gasteiger partial charge in [0, 0.05) is 36.4 Å². The van der Waals surface area contributed by atoms with Crippen LogP contribution in [-0.4, -0.2) is 52.8 Å². The lowest BCUT2D eigenvalue weighted by atomic mass is 10.0. The topological polar surface area (TPSA) is 83.1 Å². The van der Waals surface area contributed by atoms with Gasteiger partial charge in [-0.15, -0.1) is 0 Å². The summed E-state index contributed by atoms with van der Waals surface area (Å²) in [5, 5.41) is 0.768. The summed E-state index contributed by atoms with van der Waals surface area (Å²) >= 11 is 0. The molecule has 0 aliphatic carbocycles. The van der Waals surface area contributed by atoms with E-state index in [0.717, 1.165) is 10.9 Å². The number of H-pyrrole nitrogens is 1. The molecule has 1 aliphatic heterocycles. The lowest BCUT2D eigenvalue weighted by molar-refractivity contribution is 0.0729. The van der Waals surface area contributed by atoms with Gasteiger partial charge in [0.1, 0.15) is 5.69 Å². The molecule has 0 radical (unpaired) electrons. The normalized spacial score (nSPS) is 19.8. The maximum atomic E-state index is 12.9. The van der Waals surface area contributed by atoms with Crippen molar-refractivity contribution in [2.75, 3.05) is 18.8 Å². The van der Waals surface area contributed by atoms with E-state index in [-0.39, 0.29) is 24.7 Å². The molecule has 3 heterocycles. The Morgan fingerprint density at radius 2 is 2.09 bits per heavy atom. The number of aromatic nitrogens is 2. The maximum absolute atomic E-state index is 12.9. The van der Waals surface area contributed by atoms with Crippen molar-refractivity contribution in [2.45, 2.75) is 31.4 Å². The molecule has 2 aromatic heterocycles. The standard InChI is InChI=1S/C16H21N3O3S/c1-3-16(4-2)11-19(9-10-23(16,21)22)15(20)14-12-5-7-17-13(12)6-8-18-14/h5-8,17H,3-4,9-11H2,1-2H3. The number of rotatable bonds is 3. The third-order valence-electron chi connectivity index (χ3n) is 5.03. The molecule has 0 aromatic carbocycles. The lowest BCUT2D eigenvalue weighted by Gasteiger charge is -2.41. The molecule has 3 rings (SSSR count). The minimum Gasteiger partial charge on any atom is -0.361 e. The molecule has 0 bridgehead atoms. The summed E-state index contributed by atoms with van der Waals surface area (Å²) in [7, 11) is -3.19. The van der Waals surface area contributed by atoms with Gasteiger partial charge in [0.25, 0.3) is 5.91 Å². The first-order valence-electron chi connectivity index (χ1n) is 7.88. The molecule has 1 fully saturated rings. The van der Waals surface area contributed by atoms with E-state index in [1.165, 1.54) is 0 Å². The highest BCUT2D eigenvalue weighted by atomic mass is 32.2. The van der Waals surface area contributed by atoms with Crippen molar-refractivity contribution >= 4 is 26.6 Å². The van der Waals surface area contributed by atoms with Crippen molar-refractivity contribution in [1.82, 2.24) is 14.9 Å². The van der Waals surface area contributed by atoms with Crippen molar-refractivity contribution in [1.29, 1.82) is 0 Å². The van der Waals surface area contributed by atoms with E-state index in [2.05, 4.69) is 9.97 Å². The van der Waals surface area contributed by atoms with E-state index in [4.69, 9.17) is 0 Å². The van der Waals surface area contributed by atoms with Gasteiger partial charge in [-0.05, 0) is 25.0 Å². The predicted molar refractivity (Wildman–Crippen MR) is 89.1 cm³/mol. The highest BCUT2D eigenvalue weighted by Crippen LogP contribution is 2.32. The number of nitrogens with zero attached hydrogens (tertiary/aromatic N) is 2. The Balaban J connectivity index is 1.96. The Morgan fingerprint density at radius 1 is 1.35 bits per heavy atom. The van der Waals surface area contributed by atoms with Crippen LogP contribution < -0.4 is 0 Å². The van der Waals surface area contributed by atoms with E-state index in [1.54, 1.807) is 17.3 Å². The minimum atomic E-state index is -3.19.